The van der Waals surface area contributed by atoms with Crippen LogP contribution in [0.3, 0.4) is 0 Å². The highest BCUT2D eigenvalue weighted by Gasteiger charge is 2.30. The number of thiazole rings is 1. The topological polar surface area (TPSA) is 79.4 Å². The predicted octanol–water partition coefficient (Wildman–Crippen LogP) is 2.36. The number of nitrogens with one attached hydrogen (secondary N) is 1. The van der Waals surface area contributed by atoms with Crippen molar-refractivity contribution in [1.29, 1.82) is 0 Å². The molecule has 1 aromatic carbocycles. The average Bonchev–Trinajstić information content (AvgIpc) is 3.05. The minimum atomic E-state index is -0.324. The summed E-state index contributed by atoms with van der Waals surface area (Å²) in [6.07, 6.45) is 2.11. The Balaban J connectivity index is 1.83. The fourth-order valence-electron chi connectivity index (χ4n) is 2.23. The second-order valence-corrected chi connectivity index (χ2v) is 6.14. The lowest BCUT2D eigenvalue weighted by Gasteiger charge is -2.14. The molecule has 1 aliphatic rings. The van der Waals surface area contributed by atoms with Gasteiger partial charge in [-0.05, 0) is 25.1 Å². The number of nitrogens with zero attached hydrogens (tertiary/aromatic N) is 2. The molecule has 0 aliphatic carbocycles. The molecule has 0 bridgehead atoms. The third-order valence-corrected chi connectivity index (χ3v) is 4.09. The van der Waals surface area contributed by atoms with Crippen LogP contribution in [0.2, 0.25) is 0 Å². The number of anilines is 2. The molecule has 6 nitrogen and oxygen atoms in total. The molecular formula is C15H13N3O3S. The number of rotatable bonds is 3. The molecule has 2 heterocycles. The van der Waals surface area contributed by atoms with Crippen molar-refractivity contribution in [2.24, 2.45) is 0 Å². The Bertz CT molecular complexity index is 753. The lowest BCUT2D eigenvalue weighted by molar-refractivity contribution is -0.121. The molecular weight excluding hydrogens is 302 g/mol. The van der Waals surface area contributed by atoms with Gasteiger partial charge >= 0.3 is 0 Å². The van der Waals surface area contributed by atoms with E-state index < -0.39 is 0 Å². The second-order valence-electron chi connectivity index (χ2n) is 4.90. The zero-order valence-electron chi connectivity index (χ0n) is 11.8. The van der Waals surface area contributed by atoms with Crippen molar-refractivity contribution in [3.05, 3.63) is 40.9 Å². The van der Waals surface area contributed by atoms with Gasteiger partial charge in [-0.25, -0.2) is 4.98 Å². The minimum Gasteiger partial charge on any atom is -0.298 e. The minimum absolute atomic E-state index is 0.216. The van der Waals surface area contributed by atoms with Crippen LogP contribution in [0.1, 0.15) is 28.1 Å². The van der Waals surface area contributed by atoms with Crippen molar-refractivity contribution in [1.82, 2.24) is 4.98 Å². The summed E-state index contributed by atoms with van der Waals surface area (Å²) in [7, 11) is 0. The van der Waals surface area contributed by atoms with Gasteiger partial charge in [0, 0.05) is 29.5 Å². The van der Waals surface area contributed by atoms with Crippen molar-refractivity contribution in [3.8, 4) is 0 Å². The van der Waals surface area contributed by atoms with Gasteiger partial charge in [-0.3, -0.25) is 24.6 Å². The largest absolute Gasteiger partial charge is 0.298 e. The van der Waals surface area contributed by atoms with E-state index in [1.807, 2.05) is 6.92 Å². The predicted molar refractivity (Wildman–Crippen MR) is 83.0 cm³/mol. The van der Waals surface area contributed by atoms with Gasteiger partial charge in [0.15, 0.2) is 5.13 Å². The molecule has 0 atom stereocenters. The van der Waals surface area contributed by atoms with Crippen LogP contribution in [0.15, 0.2) is 30.5 Å². The van der Waals surface area contributed by atoms with Gasteiger partial charge in [0.2, 0.25) is 11.8 Å². The third-order valence-electron chi connectivity index (χ3n) is 3.26. The number of amides is 3. The maximum atomic E-state index is 12.2. The Kier molecular flexibility index (Phi) is 3.72. The van der Waals surface area contributed by atoms with Crippen LogP contribution in [-0.2, 0) is 9.59 Å². The Morgan fingerprint density at radius 3 is 2.64 bits per heavy atom. The molecule has 3 rings (SSSR count). The number of carbonyl (C=O) groups is 3. The normalized spacial score (nSPS) is 14.5. The summed E-state index contributed by atoms with van der Waals surface area (Å²) >= 11 is 1.38. The van der Waals surface area contributed by atoms with Gasteiger partial charge in [-0.2, -0.15) is 0 Å². The number of aryl methyl sites for hydroxylation is 1. The zero-order chi connectivity index (χ0) is 15.7. The van der Waals surface area contributed by atoms with Gasteiger partial charge in [0.1, 0.15) is 0 Å². The molecule has 112 valence electrons. The number of hydrogen-bond donors (Lipinski definition) is 1. The summed E-state index contributed by atoms with van der Waals surface area (Å²) < 4.78 is 0. The fourth-order valence-corrected chi connectivity index (χ4v) is 2.89. The Hall–Kier alpha value is -2.54. The standard InChI is InChI=1S/C15H13N3O3S/c1-9-8-16-15(22-9)17-14(21)10-3-2-4-11(7-10)18-12(19)5-6-13(18)20/h2-4,7-8H,5-6H2,1H3,(H,16,17,21). The Morgan fingerprint density at radius 2 is 2.00 bits per heavy atom. The molecule has 0 radical (unpaired) electrons. The number of imide groups is 1. The first-order valence-corrected chi connectivity index (χ1v) is 7.56. The SMILES string of the molecule is Cc1cnc(NC(=O)c2cccc(N3C(=O)CCC3=O)c2)s1. The average molecular weight is 315 g/mol. The van der Waals surface area contributed by atoms with Crippen LogP contribution in [0.25, 0.3) is 0 Å². The van der Waals surface area contributed by atoms with Crippen molar-refractivity contribution < 1.29 is 14.4 Å². The van der Waals surface area contributed by atoms with E-state index in [4.69, 9.17) is 0 Å². The molecule has 3 amide bonds. The number of aromatic nitrogens is 1. The molecule has 1 fully saturated rings. The highest BCUT2D eigenvalue weighted by atomic mass is 32.1. The van der Waals surface area contributed by atoms with Gasteiger partial charge in [0.05, 0.1) is 5.69 Å². The smallest absolute Gasteiger partial charge is 0.257 e. The molecule has 7 heteroatoms. The molecule has 2 aromatic rings. The fraction of sp³-hybridized carbons (Fsp3) is 0.200. The van der Waals surface area contributed by atoms with E-state index in [0.717, 1.165) is 9.78 Å². The quantitative estimate of drug-likeness (QED) is 0.882. The maximum absolute atomic E-state index is 12.2. The number of hydrogen-bond acceptors (Lipinski definition) is 5. The van der Waals surface area contributed by atoms with E-state index in [-0.39, 0.29) is 30.6 Å². The molecule has 1 N–H and O–H groups in total. The lowest BCUT2D eigenvalue weighted by Crippen LogP contribution is -2.28. The molecule has 0 saturated carbocycles. The monoisotopic (exact) mass is 315 g/mol. The van der Waals surface area contributed by atoms with Gasteiger partial charge in [0.25, 0.3) is 5.91 Å². The molecule has 1 saturated heterocycles. The molecule has 0 spiro atoms. The van der Waals surface area contributed by atoms with Crippen molar-refractivity contribution >= 4 is 39.9 Å². The van der Waals surface area contributed by atoms with Crippen molar-refractivity contribution in [2.75, 3.05) is 10.2 Å². The van der Waals surface area contributed by atoms with E-state index in [1.165, 1.54) is 17.4 Å². The molecule has 1 aromatic heterocycles. The van der Waals surface area contributed by atoms with Crippen LogP contribution in [0, 0.1) is 6.92 Å². The first-order chi connectivity index (χ1) is 10.5. The van der Waals surface area contributed by atoms with E-state index in [9.17, 15) is 14.4 Å². The van der Waals surface area contributed by atoms with Crippen molar-refractivity contribution in [3.63, 3.8) is 0 Å². The highest BCUT2D eigenvalue weighted by molar-refractivity contribution is 7.15. The molecule has 22 heavy (non-hydrogen) atoms. The summed E-state index contributed by atoms with van der Waals surface area (Å²) in [5.74, 6) is -0.800. The first-order valence-electron chi connectivity index (χ1n) is 6.74. The van der Waals surface area contributed by atoms with E-state index in [1.54, 1.807) is 24.4 Å². The summed E-state index contributed by atoms with van der Waals surface area (Å²) in [4.78, 5) is 41.9. The van der Waals surface area contributed by atoms with Gasteiger partial charge < -0.3 is 0 Å². The first kappa shape index (κ1) is 14.4. The highest BCUT2D eigenvalue weighted by Crippen LogP contribution is 2.24. The van der Waals surface area contributed by atoms with E-state index in [2.05, 4.69) is 10.3 Å². The maximum Gasteiger partial charge on any atom is 0.257 e. The number of benzene rings is 1. The van der Waals surface area contributed by atoms with Crippen LogP contribution >= 0.6 is 11.3 Å². The van der Waals surface area contributed by atoms with E-state index in [0.29, 0.717) is 16.4 Å². The van der Waals surface area contributed by atoms with Crippen molar-refractivity contribution in [2.45, 2.75) is 19.8 Å². The zero-order valence-corrected chi connectivity index (χ0v) is 12.6. The third kappa shape index (κ3) is 2.75. The summed E-state index contributed by atoms with van der Waals surface area (Å²) in [6, 6.07) is 6.46. The van der Waals surface area contributed by atoms with Crippen LogP contribution < -0.4 is 10.2 Å². The molecule has 0 unspecified atom stereocenters. The summed E-state index contributed by atoms with van der Waals surface area (Å²) in [5, 5.41) is 3.21. The van der Waals surface area contributed by atoms with Crippen LogP contribution in [0.4, 0.5) is 10.8 Å². The summed E-state index contributed by atoms with van der Waals surface area (Å²) in [5.41, 5.74) is 0.799. The summed E-state index contributed by atoms with van der Waals surface area (Å²) in [6.45, 7) is 1.90. The second kappa shape index (κ2) is 5.69. The van der Waals surface area contributed by atoms with E-state index >= 15 is 0 Å². The van der Waals surface area contributed by atoms with Crippen LogP contribution in [0.5, 0.6) is 0 Å². The van der Waals surface area contributed by atoms with Gasteiger partial charge in [-0.1, -0.05) is 6.07 Å². The van der Waals surface area contributed by atoms with Crippen LogP contribution in [-0.4, -0.2) is 22.7 Å². The number of carbonyl (C=O) groups excluding carboxylic acids is 3. The molecule has 1 aliphatic heterocycles. The van der Waals surface area contributed by atoms with Gasteiger partial charge in [-0.15, -0.1) is 11.3 Å². The Morgan fingerprint density at radius 1 is 1.27 bits per heavy atom. The Labute approximate surface area is 130 Å². The lowest BCUT2D eigenvalue weighted by atomic mass is 10.2.